The molecule has 0 amide bonds. The molecule has 29 heavy (non-hydrogen) atoms. The number of rotatable bonds is 9. The smallest absolute Gasteiger partial charge is 0.331 e. The Kier molecular flexibility index (Phi) is 9.30. The molecule has 2 fully saturated rings. The molecule has 0 radical (unpaired) electrons. The Balaban J connectivity index is 2.18. The third-order valence-corrected chi connectivity index (χ3v) is 5.15. The normalized spacial score (nSPS) is 44.2. The second-order valence-corrected chi connectivity index (χ2v) is 7.18. The first-order chi connectivity index (χ1) is 13.7. The van der Waals surface area contributed by atoms with Gasteiger partial charge in [0.25, 0.3) is 6.47 Å². The van der Waals surface area contributed by atoms with Crippen LogP contribution in [0.3, 0.4) is 0 Å². The highest BCUT2D eigenvalue weighted by Crippen LogP contribution is 2.32. The molecular weight excluding hydrogens is 420 g/mol. The van der Waals surface area contributed by atoms with E-state index >= 15 is 0 Å². The van der Waals surface area contributed by atoms with Crippen LogP contribution in [-0.4, -0.2) is 106 Å². The van der Waals surface area contributed by atoms with Gasteiger partial charge in [-0.1, -0.05) is 0 Å². The largest absolute Gasteiger partial charge is 0.462 e. The zero-order valence-corrected chi connectivity index (χ0v) is 16.7. The quantitative estimate of drug-likeness (QED) is 0.128. The lowest BCUT2D eigenvalue weighted by Crippen LogP contribution is -2.63. The second-order valence-electron chi connectivity index (χ2n) is 6.61. The fourth-order valence-corrected chi connectivity index (χ4v) is 3.67. The van der Waals surface area contributed by atoms with Gasteiger partial charge in [-0.2, -0.15) is 4.21 Å². The van der Waals surface area contributed by atoms with Gasteiger partial charge in [-0.15, -0.1) is 4.33 Å². The van der Waals surface area contributed by atoms with E-state index in [2.05, 4.69) is 4.33 Å². The molecule has 170 valence electrons. The maximum atomic E-state index is 10.8. The van der Waals surface area contributed by atoms with Crippen molar-refractivity contribution in [3.05, 3.63) is 0 Å². The summed E-state index contributed by atoms with van der Waals surface area (Å²) < 4.78 is 50.1. The minimum Gasteiger partial charge on any atom is -0.462 e. The number of hydrogen-bond acceptors (Lipinski definition) is 12. The molecule has 0 aromatic heterocycles. The summed E-state index contributed by atoms with van der Waals surface area (Å²) in [4.78, 5) is 15.6. The van der Waals surface area contributed by atoms with Crippen LogP contribution in [-0.2, 0) is 49.1 Å². The lowest BCUT2D eigenvalue weighted by molar-refractivity contribution is -0.373. The van der Waals surface area contributed by atoms with Gasteiger partial charge < -0.3 is 39.0 Å². The molecule has 13 nitrogen and oxygen atoms in total. The summed E-state index contributed by atoms with van der Waals surface area (Å²) in [6, 6.07) is 0. The highest BCUT2D eigenvalue weighted by molar-refractivity contribution is 7.74. The molecule has 0 aromatic carbocycles. The molecule has 1 saturated heterocycles. The number of methoxy groups -OCH3 is 2. The van der Waals surface area contributed by atoms with Gasteiger partial charge >= 0.3 is 11.4 Å². The molecule has 0 spiro atoms. The number of carbonyl (C=O) groups excluding carboxylic acids is 1. The Hall–Kier alpha value is -0.780. The topological polar surface area (TPSA) is 180 Å². The van der Waals surface area contributed by atoms with Crippen LogP contribution in [0.1, 0.15) is 13.3 Å². The SMILES string of the molecule is COC1CC(OC=O)C(OC2OC(C)C(OC)C(OOS(=O)O)C2O)C(O)C1O. The zero-order valence-electron chi connectivity index (χ0n) is 15.9. The summed E-state index contributed by atoms with van der Waals surface area (Å²) in [7, 11) is 2.64. The lowest BCUT2D eigenvalue weighted by atomic mass is 9.86. The number of aliphatic hydroxyl groups excluding tert-OH is 3. The van der Waals surface area contributed by atoms with Gasteiger partial charge in [-0.25, -0.2) is 4.89 Å². The van der Waals surface area contributed by atoms with Crippen LogP contribution in [0.2, 0.25) is 0 Å². The highest BCUT2D eigenvalue weighted by Gasteiger charge is 2.51. The van der Waals surface area contributed by atoms with Gasteiger partial charge in [0.15, 0.2) is 12.4 Å². The minimum atomic E-state index is -2.77. The van der Waals surface area contributed by atoms with Crippen LogP contribution in [0.5, 0.6) is 0 Å². The van der Waals surface area contributed by atoms with Crippen molar-refractivity contribution in [1.82, 2.24) is 0 Å². The summed E-state index contributed by atoms with van der Waals surface area (Å²) in [6.07, 6.45) is -11.9. The molecule has 4 N–H and O–H groups in total. The molecule has 14 heteroatoms. The van der Waals surface area contributed by atoms with Gasteiger partial charge in [-0.05, 0) is 6.92 Å². The molecule has 11 unspecified atom stereocenters. The van der Waals surface area contributed by atoms with Crippen molar-refractivity contribution in [2.24, 2.45) is 0 Å². The molecule has 0 aromatic rings. The number of hydrogen-bond donors (Lipinski definition) is 4. The van der Waals surface area contributed by atoms with Crippen molar-refractivity contribution in [2.75, 3.05) is 14.2 Å². The maximum absolute atomic E-state index is 10.8. The molecule has 1 aliphatic carbocycles. The van der Waals surface area contributed by atoms with E-state index in [1.165, 1.54) is 14.2 Å². The molecule has 1 saturated carbocycles. The van der Waals surface area contributed by atoms with Crippen LogP contribution < -0.4 is 0 Å². The van der Waals surface area contributed by atoms with Crippen LogP contribution in [0.4, 0.5) is 0 Å². The Labute approximate surface area is 169 Å². The molecule has 1 aliphatic heterocycles. The number of ether oxygens (including phenoxy) is 5. The highest BCUT2D eigenvalue weighted by atomic mass is 32.2. The van der Waals surface area contributed by atoms with Crippen molar-refractivity contribution in [3.8, 4) is 0 Å². The summed E-state index contributed by atoms with van der Waals surface area (Å²) in [5.74, 6) is 0. The molecular formula is C15H26O13S. The van der Waals surface area contributed by atoms with E-state index < -0.39 is 72.6 Å². The summed E-state index contributed by atoms with van der Waals surface area (Å²) in [5, 5.41) is 31.2. The standard InChI is InChI=1S/C15H26O13S/c1-6-12(23-3)14(27-28-29(20)21)11(19)15(25-6)26-13-8(24-5-16)4-7(22-2)9(17)10(13)18/h5-15,17-19H,4H2,1-3H3,(H,20,21). The predicted molar refractivity (Wildman–Crippen MR) is 91.1 cm³/mol. The van der Waals surface area contributed by atoms with Crippen LogP contribution in [0.25, 0.3) is 0 Å². The first-order valence-electron chi connectivity index (χ1n) is 8.69. The van der Waals surface area contributed by atoms with Crippen LogP contribution in [0.15, 0.2) is 0 Å². The third kappa shape index (κ3) is 5.68. The molecule has 2 rings (SSSR count). The van der Waals surface area contributed by atoms with E-state index in [1.807, 2.05) is 0 Å². The van der Waals surface area contributed by atoms with Gasteiger partial charge in [0.1, 0.15) is 36.6 Å². The van der Waals surface area contributed by atoms with Crippen molar-refractivity contribution < 1.29 is 61.8 Å². The van der Waals surface area contributed by atoms with Crippen molar-refractivity contribution in [3.63, 3.8) is 0 Å². The first kappa shape index (κ1) is 24.5. The van der Waals surface area contributed by atoms with Crippen molar-refractivity contribution in [2.45, 2.75) is 74.6 Å². The lowest BCUT2D eigenvalue weighted by Gasteiger charge is -2.46. The van der Waals surface area contributed by atoms with Crippen LogP contribution >= 0.6 is 0 Å². The Morgan fingerprint density at radius 1 is 1.00 bits per heavy atom. The molecule has 0 bridgehead atoms. The fourth-order valence-electron chi connectivity index (χ4n) is 3.51. The average Bonchev–Trinajstić information content (AvgIpc) is 2.68. The van der Waals surface area contributed by atoms with Gasteiger partial charge in [0.2, 0.25) is 0 Å². The first-order valence-corrected chi connectivity index (χ1v) is 9.72. The monoisotopic (exact) mass is 446 g/mol. The fraction of sp³-hybridized carbons (Fsp3) is 0.933. The van der Waals surface area contributed by atoms with Gasteiger partial charge in [-0.3, -0.25) is 9.35 Å². The Morgan fingerprint density at radius 2 is 1.69 bits per heavy atom. The number of carbonyl (C=O) groups is 1. The van der Waals surface area contributed by atoms with Crippen LogP contribution in [0, 0.1) is 0 Å². The van der Waals surface area contributed by atoms with E-state index in [9.17, 15) is 24.3 Å². The van der Waals surface area contributed by atoms with E-state index in [0.29, 0.717) is 0 Å². The van der Waals surface area contributed by atoms with E-state index in [4.69, 9.17) is 33.1 Å². The third-order valence-electron chi connectivity index (χ3n) is 4.95. The number of aliphatic hydroxyl groups is 3. The Morgan fingerprint density at radius 3 is 2.24 bits per heavy atom. The molecule has 1 heterocycles. The summed E-state index contributed by atoms with van der Waals surface area (Å²) >= 11 is -2.77. The Bertz CT molecular complexity index is 550. The average molecular weight is 446 g/mol. The van der Waals surface area contributed by atoms with Gasteiger partial charge in [0, 0.05) is 20.6 Å². The summed E-state index contributed by atoms with van der Waals surface area (Å²) in [6.45, 7) is 1.73. The summed E-state index contributed by atoms with van der Waals surface area (Å²) in [5.41, 5.74) is 0. The molecule has 2 aliphatic rings. The van der Waals surface area contributed by atoms with E-state index in [-0.39, 0.29) is 12.9 Å². The van der Waals surface area contributed by atoms with E-state index in [1.54, 1.807) is 6.92 Å². The predicted octanol–water partition coefficient (Wildman–Crippen LogP) is -2.37. The van der Waals surface area contributed by atoms with E-state index in [0.717, 1.165) is 0 Å². The minimum absolute atomic E-state index is 0.0176. The van der Waals surface area contributed by atoms with Gasteiger partial charge in [0.05, 0.1) is 12.2 Å². The van der Waals surface area contributed by atoms with Crippen molar-refractivity contribution in [1.29, 1.82) is 0 Å². The maximum Gasteiger partial charge on any atom is 0.331 e. The molecule has 11 atom stereocenters. The van der Waals surface area contributed by atoms with Crippen molar-refractivity contribution >= 4 is 17.8 Å². The second kappa shape index (κ2) is 11.0. The zero-order chi connectivity index (χ0) is 21.7.